The largest absolute Gasteiger partial charge is 0.372 e. The fraction of sp³-hybridized carbons (Fsp3) is 0.571. The Bertz CT molecular complexity index is 436. The number of nitrogens with two attached hydrogens (primary N) is 1. The van der Waals surface area contributed by atoms with Crippen molar-refractivity contribution in [3.05, 3.63) is 39.9 Å². The van der Waals surface area contributed by atoms with Crippen molar-refractivity contribution < 1.29 is 9.66 Å². The Kier molecular flexibility index (Phi) is 4.87. The topological polar surface area (TPSA) is 78.4 Å². The van der Waals surface area contributed by atoms with Crippen molar-refractivity contribution in [1.29, 1.82) is 0 Å². The van der Waals surface area contributed by atoms with Crippen molar-refractivity contribution in [3.8, 4) is 0 Å². The summed E-state index contributed by atoms with van der Waals surface area (Å²) in [7, 11) is 0. The molecule has 1 aromatic carbocycles. The van der Waals surface area contributed by atoms with Gasteiger partial charge in [0.1, 0.15) is 0 Å². The molecule has 1 aliphatic carbocycles. The maximum atomic E-state index is 10.7. The molecule has 1 aliphatic rings. The van der Waals surface area contributed by atoms with Crippen molar-refractivity contribution in [1.82, 2.24) is 0 Å². The molecule has 5 nitrogen and oxygen atoms in total. The number of ether oxygens (including phenoxy) is 1. The summed E-state index contributed by atoms with van der Waals surface area (Å²) >= 11 is 0. The van der Waals surface area contributed by atoms with Gasteiger partial charge in [-0.05, 0) is 18.4 Å². The molecule has 2 unspecified atom stereocenters. The quantitative estimate of drug-likeness (QED) is 0.515. The lowest BCUT2D eigenvalue weighted by molar-refractivity contribution is -0.385. The molecule has 0 bridgehead atoms. The minimum Gasteiger partial charge on any atom is -0.372 e. The Hall–Kier alpha value is -1.46. The minimum absolute atomic E-state index is 0.0711. The fourth-order valence-electron chi connectivity index (χ4n) is 2.47. The van der Waals surface area contributed by atoms with Crippen molar-refractivity contribution >= 4 is 5.69 Å². The van der Waals surface area contributed by atoms with Gasteiger partial charge in [-0.1, -0.05) is 31.4 Å². The molecule has 2 rings (SSSR count). The van der Waals surface area contributed by atoms with E-state index in [0.717, 1.165) is 31.2 Å². The lowest BCUT2D eigenvalue weighted by Crippen LogP contribution is -2.35. The predicted molar refractivity (Wildman–Crippen MR) is 72.7 cm³/mol. The second-order valence-electron chi connectivity index (χ2n) is 5.08. The van der Waals surface area contributed by atoms with E-state index in [9.17, 15) is 10.1 Å². The van der Waals surface area contributed by atoms with E-state index in [4.69, 9.17) is 10.5 Å². The highest BCUT2D eigenvalue weighted by molar-refractivity contribution is 5.33. The van der Waals surface area contributed by atoms with E-state index in [1.165, 1.54) is 12.5 Å². The summed E-state index contributed by atoms with van der Waals surface area (Å²) in [6, 6.07) is 6.66. The maximum absolute atomic E-state index is 10.7. The van der Waals surface area contributed by atoms with Gasteiger partial charge in [0.25, 0.3) is 5.69 Å². The molecule has 1 saturated carbocycles. The Morgan fingerprint density at radius 1 is 1.32 bits per heavy atom. The summed E-state index contributed by atoms with van der Waals surface area (Å²) in [6.45, 7) is 0.389. The zero-order valence-electron chi connectivity index (χ0n) is 11.0. The summed E-state index contributed by atoms with van der Waals surface area (Å²) in [6.07, 6.45) is 5.58. The second kappa shape index (κ2) is 6.63. The zero-order valence-corrected chi connectivity index (χ0v) is 11.0. The highest BCUT2D eigenvalue weighted by Crippen LogP contribution is 2.21. The summed E-state index contributed by atoms with van der Waals surface area (Å²) in [5.74, 6) is 0. The SMILES string of the molecule is NC1CCCCCC1OCc1cccc([N+](=O)[O-])c1. The first kappa shape index (κ1) is 14.0. The van der Waals surface area contributed by atoms with E-state index in [0.29, 0.717) is 6.61 Å². The molecular formula is C14H20N2O3. The van der Waals surface area contributed by atoms with E-state index in [1.54, 1.807) is 12.1 Å². The molecule has 19 heavy (non-hydrogen) atoms. The van der Waals surface area contributed by atoms with Crippen molar-refractivity contribution in [2.24, 2.45) is 5.73 Å². The Morgan fingerprint density at radius 2 is 2.11 bits per heavy atom. The normalized spacial score (nSPS) is 23.8. The lowest BCUT2D eigenvalue weighted by atomic mass is 10.1. The van der Waals surface area contributed by atoms with Gasteiger partial charge in [0, 0.05) is 18.2 Å². The van der Waals surface area contributed by atoms with Gasteiger partial charge in [-0.25, -0.2) is 0 Å². The van der Waals surface area contributed by atoms with Gasteiger partial charge in [-0.3, -0.25) is 10.1 Å². The van der Waals surface area contributed by atoms with Crippen LogP contribution >= 0.6 is 0 Å². The smallest absolute Gasteiger partial charge is 0.269 e. The standard InChI is InChI=1S/C14H20N2O3/c15-13-7-2-1-3-8-14(13)19-10-11-5-4-6-12(9-11)16(17)18/h4-6,9,13-14H,1-3,7-8,10,15H2. The average Bonchev–Trinajstić information content (AvgIpc) is 2.61. The highest BCUT2D eigenvalue weighted by Gasteiger charge is 2.21. The lowest BCUT2D eigenvalue weighted by Gasteiger charge is -2.21. The second-order valence-corrected chi connectivity index (χ2v) is 5.08. The first-order valence-corrected chi connectivity index (χ1v) is 6.77. The molecule has 0 heterocycles. The molecule has 104 valence electrons. The number of nitrogens with zero attached hydrogens (tertiary/aromatic N) is 1. The van der Waals surface area contributed by atoms with Crippen LogP contribution in [0.4, 0.5) is 5.69 Å². The molecule has 2 N–H and O–H groups in total. The summed E-state index contributed by atoms with van der Waals surface area (Å²) in [5.41, 5.74) is 7.02. The third-order valence-electron chi connectivity index (χ3n) is 3.59. The number of benzene rings is 1. The molecule has 0 saturated heterocycles. The van der Waals surface area contributed by atoms with Crippen LogP contribution in [0.15, 0.2) is 24.3 Å². The predicted octanol–water partition coefficient (Wildman–Crippen LogP) is 2.77. The van der Waals surface area contributed by atoms with Gasteiger partial charge >= 0.3 is 0 Å². The molecule has 5 heteroatoms. The summed E-state index contributed by atoms with van der Waals surface area (Å²) < 4.78 is 5.85. The van der Waals surface area contributed by atoms with Crippen LogP contribution in [0, 0.1) is 10.1 Å². The number of nitro benzene ring substituents is 1. The van der Waals surface area contributed by atoms with Crippen LogP contribution in [0.2, 0.25) is 0 Å². The molecule has 2 atom stereocenters. The van der Waals surface area contributed by atoms with Crippen LogP contribution in [0.25, 0.3) is 0 Å². The third kappa shape index (κ3) is 4.01. The van der Waals surface area contributed by atoms with Gasteiger partial charge in [-0.2, -0.15) is 0 Å². The molecular weight excluding hydrogens is 244 g/mol. The average molecular weight is 264 g/mol. The minimum atomic E-state index is -0.388. The van der Waals surface area contributed by atoms with Gasteiger partial charge in [0.15, 0.2) is 0 Å². The summed E-state index contributed by atoms with van der Waals surface area (Å²) in [4.78, 5) is 10.3. The molecule has 0 aromatic heterocycles. The van der Waals surface area contributed by atoms with E-state index in [1.807, 2.05) is 6.07 Å². The zero-order chi connectivity index (χ0) is 13.7. The number of hydrogen-bond donors (Lipinski definition) is 1. The Morgan fingerprint density at radius 3 is 2.89 bits per heavy atom. The molecule has 0 aliphatic heterocycles. The van der Waals surface area contributed by atoms with Gasteiger partial charge < -0.3 is 10.5 Å². The van der Waals surface area contributed by atoms with Gasteiger partial charge in [0.05, 0.1) is 17.6 Å². The van der Waals surface area contributed by atoms with Crippen molar-refractivity contribution in [3.63, 3.8) is 0 Å². The first-order chi connectivity index (χ1) is 9.16. The monoisotopic (exact) mass is 264 g/mol. The van der Waals surface area contributed by atoms with Crippen molar-refractivity contribution in [2.75, 3.05) is 0 Å². The number of rotatable bonds is 4. The number of non-ortho nitro benzene ring substituents is 1. The van der Waals surface area contributed by atoms with E-state index in [-0.39, 0.29) is 22.8 Å². The third-order valence-corrected chi connectivity index (χ3v) is 3.59. The molecule has 1 fully saturated rings. The molecule has 1 aromatic rings. The molecule has 0 spiro atoms. The number of nitro groups is 1. The van der Waals surface area contributed by atoms with Crippen LogP contribution < -0.4 is 5.73 Å². The van der Waals surface area contributed by atoms with Crippen LogP contribution in [-0.2, 0) is 11.3 Å². The fourth-order valence-corrected chi connectivity index (χ4v) is 2.47. The van der Waals surface area contributed by atoms with Crippen molar-refractivity contribution in [2.45, 2.75) is 50.9 Å². The van der Waals surface area contributed by atoms with Crippen LogP contribution in [0.1, 0.15) is 37.7 Å². The number of hydrogen-bond acceptors (Lipinski definition) is 4. The van der Waals surface area contributed by atoms with Crippen LogP contribution in [0.3, 0.4) is 0 Å². The molecule has 0 radical (unpaired) electrons. The van der Waals surface area contributed by atoms with E-state index >= 15 is 0 Å². The Labute approximate surface area is 112 Å². The summed E-state index contributed by atoms with van der Waals surface area (Å²) in [5, 5.41) is 10.7. The first-order valence-electron chi connectivity index (χ1n) is 6.77. The van der Waals surface area contributed by atoms with Gasteiger partial charge in [0.2, 0.25) is 0 Å². The highest BCUT2D eigenvalue weighted by atomic mass is 16.6. The maximum Gasteiger partial charge on any atom is 0.269 e. The molecule has 0 amide bonds. The van der Waals surface area contributed by atoms with E-state index < -0.39 is 0 Å². The van der Waals surface area contributed by atoms with Crippen LogP contribution in [0.5, 0.6) is 0 Å². The van der Waals surface area contributed by atoms with Crippen LogP contribution in [-0.4, -0.2) is 17.1 Å². The Balaban J connectivity index is 1.93. The van der Waals surface area contributed by atoms with E-state index in [2.05, 4.69) is 0 Å². The van der Waals surface area contributed by atoms with Gasteiger partial charge in [-0.15, -0.1) is 0 Å².